The Balaban J connectivity index is 4.75. The molecule has 0 spiro atoms. The van der Waals surface area contributed by atoms with Crippen LogP contribution in [-0.2, 0) is 4.74 Å². The van der Waals surface area contributed by atoms with E-state index in [4.69, 9.17) is 4.74 Å². The SMILES string of the molecule is C=C(C)C(=CC)C(C)OC(C)C(=CC)C(=C)C. The van der Waals surface area contributed by atoms with Crippen LogP contribution in [0.3, 0.4) is 0 Å². The van der Waals surface area contributed by atoms with Gasteiger partial charge >= 0.3 is 0 Å². The van der Waals surface area contributed by atoms with Crippen LogP contribution >= 0.6 is 0 Å². The quantitative estimate of drug-likeness (QED) is 0.598. The lowest BCUT2D eigenvalue weighted by atomic mass is 10.0. The summed E-state index contributed by atoms with van der Waals surface area (Å²) in [5, 5.41) is 0. The first-order valence-corrected chi connectivity index (χ1v) is 6.14. The fourth-order valence-electron chi connectivity index (χ4n) is 2.11. The summed E-state index contributed by atoms with van der Waals surface area (Å²) in [6.07, 6.45) is 4.25. The molecule has 0 aliphatic rings. The van der Waals surface area contributed by atoms with Gasteiger partial charge in [-0.25, -0.2) is 0 Å². The summed E-state index contributed by atoms with van der Waals surface area (Å²) in [6.45, 7) is 20.1. The predicted octanol–water partition coefficient (Wildman–Crippen LogP) is 4.82. The second-order valence-corrected chi connectivity index (χ2v) is 4.47. The zero-order valence-corrected chi connectivity index (χ0v) is 12.1. The van der Waals surface area contributed by atoms with E-state index in [-0.39, 0.29) is 12.2 Å². The molecule has 0 heterocycles. The first-order valence-electron chi connectivity index (χ1n) is 6.14. The average molecular weight is 234 g/mol. The van der Waals surface area contributed by atoms with Crippen molar-refractivity contribution in [1.82, 2.24) is 0 Å². The van der Waals surface area contributed by atoms with Gasteiger partial charge in [-0.2, -0.15) is 0 Å². The summed E-state index contributed by atoms with van der Waals surface area (Å²) in [4.78, 5) is 0. The van der Waals surface area contributed by atoms with E-state index >= 15 is 0 Å². The Morgan fingerprint density at radius 1 is 0.882 bits per heavy atom. The number of ether oxygens (including phenoxy) is 1. The van der Waals surface area contributed by atoms with Gasteiger partial charge < -0.3 is 4.74 Å². The zero-order valence-electron chi connectivity index (χ0n) is 12.1. The van der Waals surface area contributed by atoms with Crippen LogP contribution in [0.15, 0.2) is 47.6 Å². The molecule has 0 amide bonds. The van der Waals surface area contributed by atoms with Crippen LogP contribution in [0.5, 0.6) is 0 Å². The molecule has 0 radical (unpaired) electrons. The molecule has 0 aromatic carbocycles. The Kier molecular flexibility index (Phi) is 6.82. The topological polar surface area (TPSA) is 9.23 Å². The molecule has 0 fully saturated rings. The van der Waals surface area contributed by atoms with E-state index in [0.29, 0.717) is 0 Å². The van der Waals surface area contributed by atoms with Crippen LogP contribution in [0.2, 0.25) is 0 Å². The second-order valence-electron chi connectivity index (χ2n) is 4.47. The first-order chi connectivity index (χ1) is 7.84. The number of rotatable bonds is 6. The molecule has 17 heavy (non-hydrogen) atoms. The summed E-state index contributed by atoms with van der Waals surface area (Å²) in [5.41, 5.74) is 4.44. The molecule has 0 N–H and O–H groups in total. The Bertz CT molecular complexity index is 311. The van der Waals surface area contributed by atoms with Crippen LogP contribution < -0.4 is 0 Å². The molecule has 1 nitrogen and oxygen atoms in total. The molecule has 0 saturated carbocycles. The number of hydrogen-bond acceptors (Lipinski definition) is 1. The first kappa shape index (κ1) is 15.9. The monoisotopic (exact) mass is 234 g/mol. The summed E-state index contributed by atoms with van der Waals surface area (Å²) in [6, 6.07) is 0. The van der Waals surface area contributed by atoms with Crippen molar-refractivity contribution < 1.29 is 4.74 Å². The third-order valence-corrected chi connectivity index (χ3v) is 2.89. The molecule has 96 valence electrons. The molecule has 0 bridgehead atoms. The van der Waals surface area contributed by atoms with E-state index in [1.165, 1.54) is 0 Å². The number of hydrogen-bond donors (Lipinski definition) is 0. The average Bonchev–Trinajstić information content (AvgIpc) is 2.17. The van der Waals surface area contributed by atoms with E-state index in [9.17, 15) is 0 Å². The molecule has 0 aromatic heterocycles. The smallest absolute Gasteiger partial charge is 0.0804 e. The lowest BCUT2D eigenvalue weighted by Gasteiger charge is -2.24. The summed E-state index contributed by atoms with van der Waals surface area (Å²) < 4.78 is 6.02. The van der Waals surface area contributed by atoms with Crippen LogP contribution in [0, 0.1) is 0 Å². The van der Waals surface area contributed by atoms with Gasteiger partial charge in [-0.3, -0.25) is 0 Å². The lowest BCUT2D eigenvalue weighted by Crippen LogP contribution is -2.21. The molecular formula is C16H26O. The normalized spacial score (nSPS) is 16.6. The van der Waals surface area contributed by atoms with Gasteiger partial charge in [0.2, 0.25) is 0 Å². The highest BCUT2D eigenvalue weighted by Gasteiger charge is 2.16. The fraction of sp³-hybridized carbons (Fsp3) is 0.500. The van der Waals surface area contributed by atoms with Crippen LogP contribution in [0.1, 0.15) is 41.5 Å². The fourth-order valence-corrected chi connectivity index (χ4v) is 2.11. The highest BCUT2D eigenvalue weighted by atomic mass is 16.5. The summed E-state index contributed by atoms with van der Waals surface area (Å²) >= 11 is 0. The largest absolute Gasteiger partial charge is 0.366 e. The maximum absolute atomic E-state index is 6.02. The molecule has 0 aromatic rings. The van der Waals surface area contributed by atoms with E-state index in [0.717, 1.165) is 22.3 Å². The molecule has 2 atom stereocenters. The van der Waals surface area contributed by atoms with Gasteiger partial charge in [-0.1, -0.05) is 36.5 Å². The van der Waals surface area contributed by atoms with Gasteiger partial charge in [0.1, 0.15) is 0 Å². The van der Waals surface area contributed by atoms with Crippen molar-refractivity contribution in [3.63, 3.8) is 0 Å². The van der Waals surface area contributed by atoms with E-state index < -0.39 is 0 Å². The van der Waals surface area contributed by atoms with Crippen molar-refractivity contribution >= 4 is 0 Å². The Morgan fingerprint density at radius 3 is 1.35 bits per heavy atom. The Labute approximate surface area is 107 Å². The van der Waals surface area contributed by atoms with Gasteiger partial charge in [0.05, 0.1) is 12.2 Å². The molecule has 2 unspecified atom stereocenters. The highest BCUT2D eigenvalue weighted by molar-refractivity contribution is 5.31. The van der Waals surface area contributed by atoms with Crippen LogP contribution in [0.4, 0.5) is 0 Å². The van der Waals surface area contributed by atoms with E-state index in [1.807, 2.05) is 27.7 Å². The molecule has 0 aliphatic heterocycles. The van der Waals surface area contributed by atoms with Crippen molar-refractivity contribution in [1.29, 1.82) is 0 Å². The van der Waals surface area contributed by atoms with Gasteiger partial charge in [0, 0.05) is 0 Å². The van der Waals surface area contributed by atoms with Gasteiger partial charge in [-0.05, 0) is 52.7 Å². The lowest BCUT2D eigenvalue weighted by molar-refractivity contribution is 0.0518. The summed E-state index contributed by atoms with van der Waals surface area (Å²) in [5.74, 6) is 0. The van der Waals surface area contributed by atoms with E-state index in [1.54, 1.807) is 0 Å². The molecule has 1 heteroatoms. The highest BCUT2D eigenvalue weighted by Crippen LogP contribution is 2.21. The van der Waals surface area contributed by atoms with Gasteiger partial charge in [0.25, 0.3) is 0 Å². The standard InChI is InChI=1S/C16H26O/c1-9-15(11(3)4)13(7)17-14(8)16(10-2)12(5)6/h9-10,13-14H,3,5H2,1-2,4,6-8H3. The minimum absolute atomic E-state index is 0.0572. The van der Waals surface area contributed by atoms with E-state index in [2.05, 4.69) is 39.2 Å². The minimum Gasteiger partial charge on any atom is -0.366 e. The molecule has 0 rings (SSSR count). The third kappa shape index (κ3) is 4.74. The second kappa shape index (κ2) is 7.29. The maximum atomic E-state index is 6.02. The van der Waals surface area contributed by atoms with Crippen molar-refractivity contribution in [3.05, 3.63) is 47.6 Å². The van der Waals surface area contributed by atoms with Crippen LogP contribution in [0.25, 0.3) is 0 Å². The molecular weight excluding hydrogens is 208 g/mol. The molecule has 0 saturated heterocycles. The maximum Gasteiger partial charge on any atom is 0.0804 e. The minimum atomic E-state index is 0.0572. The van der Waals surface area contributed by atoms with Crippen molar-refractivity contribution in [2.75, 3.05) is 0 Å². The van der Waals surface area contributed by atoms with Crippen molar-refractivity contribution in [3.8, 4) is 0 Å². The van der Waals surface area contributed by atoms with Crippen molar-refractivity contribution in [2.45, 2.75) is 53.8 Å². The van der Waals surface area contributed by atoms with Gasteiger partial charge in [0.15, 0.2) is 0 Å². The Hall–Kier alpha value is -1.08. The number of allylic oxidation sites excluding steroid dienone is 2. The zero-order chi connectivity index (χ0) is 13.6. The molecule has 0 aliphatic carbocycles. The predicted molar refractivity (Wildman–Crippen MR) is 77.2 cm³/mol. The van der Waals surface area contributed by atoms with Crippen molar-refractivity contribution in [2.24, 2.45) is 0 Å². The van der Waals surface area contributed by atoms with Crippen LogP contribution in [-0.4, -0.2) is 12.2 Å². The summed E-state index contributed by atoms with van der Waals surface area (Å²) in [7, 11) is 0. The third-order valence-electron chi connectivity index (χ3n) is 2.89. The Morgan fingerprint density at radius 2 is 1.18 bits per heavy atom. The van der Waals surface area contributed by atoms with Gasteiger partial charge in [-0.15, -0.1) is 0 Å².